The van der Waals surface area contributed by atoms with Crippen LogP contribution >= 0.6 is 11.8 Å². The number of aromatic nitrogens is 3. The normalized spacial score (nSPS) is 12.5. The summed E-state index contributed by atoms with van der Waals surface area (Å²) in [5.41, 5.74) is 3.88. The summed E-state index contributed by atoms with van der Waals surface area (Å²) >= 11 is 1.34. The van der Waals surface area contributed by atoms with Gasteiger partial charge in [0, 0.05) is 17.9 Å². The summed E-state index contributed by atoms with van der Waals surface area (Å²) in [7, 11) is 1.61. The van der Waals surface area contributed by atoms with Crippen LogP contribution in [0.1, 0.15) is 30.3 Å². The third kappa shape index (κ3) is 6.89. The first-order chi connectivity index (χ1) is 20.1. The zero-order valence-electron chi connectivity index (χ0n) is 23.2. The van der Waals surface area contributed by atoms with Gasteiger partial charge >= 0.3 is 0 Å². The lowest BCUT2D eigenvalue weighted by Gasteiger charge is -2.29. The Morgan fingerprint density at radius 1 is 0.976 bits per heavy atom. The van der Waals surface area contributed by atoms with Gasteiger partial charge in [0.05, 0.1) is 32.4 Å². The fourth-order valence-corrected chi connectivity index (χ4v) is 5.64. The Kier molecular flexibility index (Phi) is 9.20. The molecule has 3 aromatic carbocycles. The van der Waals surface area contributed by atoms with E-state index in [-0.39, 0.29) is 30.5 Å². The molecule has 9 nitrogen and oxygen atoms in total. The molecule has 1 aromatic heterocycles. The van der Waals surface area contributed by atoms with Gasteiger partial charge in [-0.05, 0) is 73.4 Å². The van der Waals surface area contributed by atoms with Crippen LogP contribution in [0.2, 0.25) is 0 Å². The van der Waals surface area contributed by atoms with E-state index in [1.165, 1.54) is 17.3 Å². The largest absolute Gasteiger partial charge is 0.497 e. The van der Waals surface area contributed by atoms with Crippen LogP contribution in [0.15, 0.2) is 78.0 Å². The number of carbonyl (C=O) groups excluding carboxylic acids is 2. The molecule has 5 rings (SSSR count). The molecule has 0 unspecified atom stereocenters. The second-order valence-electron chi connectivity index (χ2n) is 9.53. The van der Waals surface area contributed by atoms with Crippen molar-refractivity contribution in [3.8, 4) is 17.2 Å². The number of thioether (sulfide) groups is 1. The Bertz CT molecular complexity index is 1490. The molecule has 212 valence electrons. The lowest BCUT2D eigenvalue weighted by molar-refractivity contribution is -0.120. The number of ether oxygens (including phenoxy) is 2. The van der Waals surface area contributed by atoms with Crippen LogP contribution in [0, 0.1) is 0 Å². The van der Waals surface area contributed by atoms with Gasteiger partial charge < -0.3 is 19.7 Å². The molecule has 2 heterocycles. The van der Waals surface area contributed by atoms with E-state index in [2.05, 4.69) is 21.6 Å². The highest BCUT2D eigenvalue weighted by Crippen LogP contribution is 2.29. The molecule has 10 heteroatoms. The molecule has 0 fully saturated rings. The van der Waals surface area contributed by atoms with E-state index in [1.807, 2.05) is 83.1 Å². The molecule has 0 bridgehead atoms. The lowest BCUT2D eigenvalue weighted by atomic mass is 10.0. The maximum atomic E-state index is 13.3. The fraction of sp³-hybridized carbons (Fsp3) is 0.290. The number of aryl methyl sites for hydroxylation is 1. The molecular formula is C31H33N5O4S. The molecule has 0 radical (unpaired) electrons. The smallest absolute Gasteiger partial charge is 0.237 e. The molecule has 1 aliphatic heterocycles. The second kappa shape index (κ2) is 13.4. The standard InChI is InChI=1S/C31H33N5O4S/c1-3-40-26-16-12-24(13-17-26)36-28(20-32-29(37)19-22-10-14-25(39-2)15-11-22)33-34-31(36)41-21-30(38)35-18-6-8-23-7-4-5-9-27(23)35/h4-5,7,9-17H,3,6,8,18-21H2,1-2H3,(H,32,37). The number of carbonyl (C=O) groups is 2. The van der Waals surface area contributed by atoms with Crippen molar-refractivity contribution in [2.75, 3.05) is 30.9 Å². The molecule has 0 aliphatic carbocycles. The average Bonchev–Trinajstić information content (AvgIpc) is 3.42. The van der Waals surface area contributed by atoms with E-state index in [0.29, 0.717) is 24.1 Å². The lowest BCUT2D eigenvalue weighted by Crippen LogP contribution is -2.36. The van der Waals surface area contributed by atoms with E-state index in [0.717, 1.165) is 41.3 Å². The highest BCUT2D eigenvalue weighted by Gasteiger charge is 2.24. The van der Waals surface area contributed by atoms with Crippen LogP contribution in [-0.4, -0.2) is 52.6 Å². The number of hydrogen-bond acceptors (Lipinski definition) is 7. The molecule has 0 saturated heterocycles. The number of nitrogens with zero attached hydrogens (tertiary/aromatic N) is 4. The number of benzene rings is 3. The minimum Gasteiger partial charge on any atom is -0.497 e. The summed E-state index contributed by atoms with van der Waals surface area (Å²) in [5, 5.41) is 12.3. The van der Waals surface area contributed by atoms with Crippen LogP contribution in [0.25, 0.3) is 5.69 Å². The SMILES string of the molecule is CCOc1ccc(-n2c(CNC(=O)Cc3ccc(OC)cc3)nnc2SCC(=O)N2CCCc3ccccc32)cc1. The Morgan fingerprint density at radius 3 is 2.49 bits per heavy atom. The van der Waals surface area contributed by atoms with Crippen LogP contribution in [0.5, 0.6) is 11.5 Å². The zero-order valence-corrected chi connectivity index (χ0v) is 24.0. The highest BCUT2D eigenvalue weighted by molar-refractivity contribution is 7.99. The molecule has 41 heavy (non-hydrogen) atoms. The predicted octanol–water partition coefficient (Wildman–Crippen LogP) is 4.61. The first-order valence-corrected chi connectivity index (χ1v) is 14.6. The molecule has 0 atom stereocenters. The van der Waals surface area contributed by atoms with E-state index >= 15 is 0 Å². The molecule has 0 saturated carbocycles. The van der Waals surface area contributed by atoms with Crippen LogP contribution in [-0.2, 0) is 29.0 Å². The number of amides is 2. The molecule has 2 amide bonds. The Labute approximate surface area is 243 Å². The van der Waals surface area contributed by atoms with Gasteiger partial charge in [-0.1, -0.05) is 42.1 Å². The molecular weight excluding hydrogens is 538 g/mol. The molecule has 1 aliphatic rings. The first-order valence-electron chi connectivity index (χ1n) is 13.6. The summed E-state index contributed by atoms with van der Waals surface area (Å²) < 4.78 is 12.7. The highest BCUT2D eigenvalue weighted by atomic mass is 32.2. The predicted molar refractivity (Wildman–Crippen MR) is 159 cm³/mol. The van der Waals surface area contributed by atoms with Crippen molar-refractivity contribution < 1.29 is 19.1 Å². The van der Waals surface area contributed by atoms with Crippen LogP contribution < -0.4 is 19.7 Å². The van der Waals surface area contributed by atoms with Gasteiger partial charge in [-0.15, -0.1) is 10.2 Å². The van der Waals surface area contributed by atoms with Gasteiger partial charge in [0.25, 0.3) is 0 Å². The van der Waals surface area contributed by atoms with Crippen molar-refractivity contribution in [1.82, 2.24) is 20.1 Å². The fourth-order valence-electron chi connectivity index (χ4n) is 4.79. The molecule has 1 N–H and O–H groups in total. The first kappa shape index (κ1) is 28.2. The minimum absolute atomic E-state index is 0.0257. The van der Waals surface area contributed by atoms with Crippen LogP contribution in [0.4, 0.5) is 5.69 Å². The Hall–Kier alpha value is -4.31. The maximum absolute atomic E-state index is 13.3. The van der Waals surface area contributed by atoms with Gasteiger partial charge in [-0.25, -0.2) is 0 Å². The van der Waals surface area contributed by atoms with E-state index in [9.17, 15) is 9.59 Å². The average molecular weight is 572 g/mol. The van der Waals surface area contributed by atoms with E-state index in [4.69, 9.17) is 9.47 Å². The Morgan fingerprint density at radius 2 is 1.73 bits per heavy atom. The van der Waals surface area contributed by atoms with Crippen molar-refractivity contribution in [3.63, 3.8) is 0 Å². The van der Waals surface area contributed by atoms with Crippen molar-refractivity contribution in [2.24, 2.45) is 0 Å². The number of rotatable bonds is 11. The number of methoxy groups -OCH3 is 1. The van der Waals surface area contributed by atoms with Gasteiger partial charge in [0.1, 0.15) is 11.5 Å². The van der Waals surface area contributed by atoms with Crippen molar-refractivity contribution in [1.29, 1.82) is 0 Å². The summed E-state index contributed by atoms with van der Waals surface area (Å²) in [4.78, 5) is 27.9. The number of para-hydroxylation sites is 1. The van der Waals surface area contributed by atoms with E-state index < -0.39 is 0 Å². The molecule has 0 spiro atoms. The van der Waals surface area contributed by atoms with Gasteiger partial charge in [-0.3, -0.25) is 14.2 Å². The zero-order chi connectivity index (χ0) is 28.6. The Balaban J connectivity index is 1.31. The minimum atomic E-state index is -0.135. The third-order valence-electron chi connectivity index (χ3n) is 6.81. The van der Waals surface area contributed by atoms with Gasteiger partial charge in [0.15, 0.2) is 11.0 Å². The van der Waals surface area contributed by atoms with Crippen molar-refractivity contribution >= 4 is 29.3 Å². The summed E-state index contributed by atoms with van der Waals surface area (Å²) in [6.07, 6.45) is 2.15. The summed E-state index contributed by atoms with van der Waals surface area (Å²) in [6, 6.07) is 23.1. The number of fused-ring (bicyclic) bond motifs is 1. The van der Waals surface area contributed by atoms with Crippen molar-refractivity contribution in [2.45, 2.75) is 37.9 Å². The van der Waals surface area contributed by atoms with E-state index in [1.54, 1.807) is 7.11 Å². The molecule has 4 aromatic rings. The number of anilines is 1. The maximum Gasteiger partial charge on any atom is 0.237 e. The summed E-state index contributed by atoms with van der Waals surface area (Å²) in [5.74, 6) is 2.17. The number of nitrogens with one attached hydrogen (secondary N) is 1. The van der Waals surface area contributed by atoms with Crippen LogP contribution in [0.3, 0.4) is 0 Å². The quantitative estimate of drug-likeness (QED) is 0.263. The number of hydrogen-bond donors (Lipinski definition) is 1. The third-order valence-corrected chi connectivity index (χ3v) is 7.72. The topological polar surface area (TPSA) is 98.6 Å². The summed E-state index contributed by atoms with van der Waals surface area (Å²) in [6.45, 7) is 3.39. The monoisotopic (exact) mass is 571 g/mol. The van der Waals surface area contributed by atoms with Gasteiger partial charge in [-0.2, -0.15) is 0 Å². The second-order valence-corrected chi connectivity index (χ2v) is 10.5. The van der Waals surface area contributed by atoms with Gasteiger partial charge in [0.2, 0.25) is 11.8 Å². The van der Waals surface area contributed by atoms with Crippen molar-refractivity contribution in [3.05, 3.63) is 89.7 Å².